The average molecular weight is 797 g/mol. The number of thiophene rings is 1. The van der Waals surface area contributed by atoms with Crippen molar-refractivity contribution in [2.75, 3.05) is 0 Å². The highest BCUT2D eigenvalue weighted by Crippen LogP contribution is 2.50. The summed E-state index contributed by atoms with van der Waals surface area (Å²) in [6.45, 7) is 0. The molecule has 0 spiro atoms. The van der Waals surface area contributed by atoms with Crippen LogP contribution in [0.4, 0.5) is 0 Å². The molecule has 0 aliphatic heterocycles. The van der Waals surface area contributed by atoms with Gasteiger partial charge in [0.05, 0.1) is 11.2 Å². The van der Waals surface area contributed by atoms with Crippen molar-refractivity contribution in [2.24, 2.45) is 0 Å². The quantitative estimate of drug-likeness (QED) is 0.154. The van der Waals surface area contributed by atoms with Gasteiger partial charge < -0.3 is 0 Å². The summed E-state index contributed by atoms with van der Waals surface area (Å²) in [6.07, 6.45) is 0. The van der Waals surface area contributed by atoms with Crippen LogP contribution in [0.2, 0.25) is 0 Å². The summed E-state index contributed by atoms with van der Waals surface area (Å²) in [4.78, 5) is 21.6. The molecule has 0 unspecified atom stereocenters. The maximum atomic E-state index is 5.39. The van der Waals surface area contributed by atoms with Crippen LogP contribution in [0.25, 0.3) is 110 Å². The normalized spacial score (nSPS) is 11.3. The van der Waals surface area contributed by atoms with Gasteiger partial charge in [-0.05, 0) is 57.6 Å². The molecule has 0 atom stereocenters. The number of hydrogen-bond acceptors (Lipinski definition) is 5. The Bertz CT molecular complexity index is 3290. The second kappa shape index (κ2) is 15.7. The van der Waals surface area contributed by atoms with Crippen molar-refractivity contribution in [3.05, 3.63) is 218 Å². The monoisotopic (exact) mass is 796 g/mol. The lowest BCUT2D eigenvalue weighted by atomic mass is 9.92. The van der Waals surface area contributed by atoms with Crippen LogP contribution in [-0.4, -0.2) is 19.9 Å². The molecule has 8 aromatic carbocycles. The molecule has 0 fully saturated rings. The number of pyridine rings is 1. The lowest BCUT2D eigenvalue weighted by molar-refractivity contribution is 1.07. The molecule has 3 aromatic heterocycles. The van der Waals surface area contributed by atoms with Gasteiger partial charge in [0.1, 0.15) is 0 Å². The van der Waals surface area contributed by atoms with Crippen LogP contribution < -0.4 is 0 Å². The first kappa shape index (κ1) is 36.2. The minimum Gasteiger partial charge on any atom is -0.247 e. The minimum absolute atomic E-state index is 0.628. The van der Waals surface area contributed by atoms with Crippen LogP contribution in [0.5, 0.6) is 0 Å². The minimum atomic E-state index is 0.628. The third-order valence-electron chi connectivity index (χ3n) is 11.1. The Balaban J connectivity index is 1.10. The smallest absolute Gasteiger partial charge is 0.164 e. The SMILES string of the molecule is c1ccc(-c2cccc(-c3c(-c4cccc(-c5cccc(-c6nc(-c7ccccc7)nc(-c7ccccc7)n6)c5)c4)sc4c3c(-c3ccccc3)nc3ccccc34)c2)cc1. The fourth-order valence-corrected chi connectivity index (χ4v) is 9.52. The number of para-hydroxylation sites is 1. The maximum Gasteiger partial charge on any atom is 0.164 e. The molecule has 0 aliphatic carbocycles. The van der Waals surface area contributed by atoms with E-state index >= 15 is 0 Å². The van der Waals surface area contributed by atoms with Crippen LogP contribution in [0.3, 0.4) is 0 Å². The van der Waals surface area contributed by atoms with Gasteiger partial charge in [-0.3, -0.25) is 0 Å². The zero-order valence-corrected chi connectivity index (χ0v) is 33.8. The molecule has 5 heteroatoms. The molecule has 0 amide bonds. The Morgan fingerprint density at radius 1 is 0.295 bits per heavy atom. The highest BCUT2D eigenvalue weighted by molar-refractivity contribution is 7.24. The lowest BCUT2D eigenvalue weighted by Gasteiger charge is -2.13. The van der Waals surface area contributed by atoms with Crippen LogP contribution in [0.1, 0.15) is 0 Å². The highest BCUT2D eigenvalue weighted by atomic mass is 32.1. The standard InChI is InChI=1S/C56H36N4S/c1-5-18-37(19-6-1)41-26-15-29-44(34-41)49-50-51(38-20-7-2-8-21-38)57-48-33-14-13-32-47(48)53(50)61-52(49)45-30-16-27-42(35-45)43-28-17-31-46(36-43)56-59-54(39-22-9-3-10-23-39)58-55(60-56)40-24-11-4-12-25-40/h1-36H. The third kappa shape index (κ3) is 6.97. The number of rotatable bonds is 8. The Morgan fingerprint density at radius 2 is 0.705 bits per heavy atom. The van der Waals surface area contributed by atoms with Gasteiger partial charge in [0, 0.05) is 48.2 Å². The van der Waals surface area contributed by atoms with E-state index in [1.165, 1.54) is 31.7 Å². The molecule has 11 aromatic rings. The van der Waals surface area contributed by atoms with Crippen molar-refractivity contribution in [1.29, 1.82) is 0 Å². The van der Waals surface area contributed by atoms with Crippen LogP contribution in [0.15, 0.2) is 218 Å². The van der Waals surface area contributed by atoms with Crippen molar-refractivity contribution in [3.63, 3.8) is 0 Å². The van der Waals surface area contributed by atoms with Crippen molar-refractivity contribution in [3.8, 4) is 89.2 Å². The predicted octanol–water partition coefficient (Wildman–Crippen LogP) is 15.0. The maximum absolute atomic E-state index is 5.39. The molecule has 11 rings (SSSR count). The summed E-state index contributed by atoms with van der Waals surface area (Å²) in [5, 5.41) is 2.32. The molecule has 3 heterocycles. The number of fused-ring (bicyclic) bond motifs is 3. The molecule has 0 bridgehead atoms. The molecule has 4 nitrogen and oxygen atoms in total. The van der Waals surface area contributed by atoms with Gasteiger partial charge in [-0.2, -0.15) is 0 Å². The van der Waals surface area contributed by atoms with Gasteiger partial charge in [0.25, 0.3) is 0 Å². The number of aromatic nitrogens is 4. The van der Waals surface area contributed by atoms with E-state index in [9.17, 15) is 0 Å². The zero-order valence-electron chi connectivity index (χ0n) is 33.0. The Labute approximate surface area is 358 Å². The Kier molecular flexibility index (Phi) is 9.34. The molecular weight excluding hydrogens is 761 g/mol. The largest absolute Gasteiger partial charge is 0.247 e. The number of hydrogen-bond donors (Lipinski definition) is 0. The van der Waals surface area contributed by atoms with Crippen molar-refractivity contribution in [1.82, 2.24) is 19.9 Å². The van der Waals surface area contributed by atoms with Gasteiger partial charge in [0.2, 0.25) is 0 Å². The molecule has 0 radical (unpaired) electrons. The Hall–Kier alpha value is -7.86. The van der Waals surface area contributed by atoms with E-state index in [-0.39, 0.29) is 0 Å². The molecule has 0 aliphatic rings. The van der Waals surface area contributed by atoms with Crippen LogP contribution in [-0.2, 0) is 0 Å². The zero-order chi connectivity index (χ0) is 40.5. The van der Waals surface area contributed by atoms with Gasteiger partial charge in [0.15, 0.2) is 17.5 Å². The van der Waals surface area contributed by atoms with Crippen LogP contribution >= 0.6 is 11.3 Å². The van der Waals surface area contributed by atoms with E-state index in [0.717, 1.165) is 61.1 Å². The fraction of sp³-hybridized carbons (Fsp3) is 0. The van der Waals surface area contributed by atoms with E-state index in [1.54, 1.807) is 0 Å². The molecule has 286 valence electrons. The first-order valence-corrected chi connectivity index (χ1v) is 21.2. The summed E-state index contributed by atoms with van der Waals surface area (Å²) in [7, 11) is 0. The number of benzene rings is 8. The van der Waals surface area contributed by atoms with Gasteiger partial charge >= 0.3 is 0 Å². The first-order chi connectivity index (χ1) is 30.2. The second-order valence-electron chi connectivity index (χ2n) is 15.0. The summed E-state index contributed by atoms with van der Waals surface area (Å²) < 4.78 is 1.23. The van der Waals surface area contributed by atoms with Crippen LogP contribution in [0, 0.1) is 0 Å². The fourth-order valence-electron chi connectivity index (χ4n) is 8.17. The van der Waals surface area contributed by atoms with E-state index < -0.39 is 0 Å². The Morgan fingerprint density at radius 3 is 1.31 bits per heavy atom. The van der Waals surface area contributed by atoms with Gasteiger partial charge in [-0.1, -0.05) is 194 Å². The van der Waals surface area contributed by atoms with Crippen molar-refractivity contribution < 1.29 is 0 Å². The van der Waals surface area contributed by atoms with Crippen molar-refractivity contribution in [2.45, 2.75) is 0 Å². The lowest BCUT2D eigenvalue weighted by Crippen LogP contribution is -2.00. The van der Waals surface area contributed by atoms with E-state index in [2.05, 4.69) is 158 Å². The van der Waals surface area contributed by atoms with Gasteiger partial charge in [-0.15, -0.1) is 11.3 Å². The molecular formula is C56H36N4S. The molecule has 0 N–H and O–H groups in total. The molecule has 61 heavy (non-hydrogen) atoms. The first-order valence-electron chi connectivity index (χ1n) is 20.4. The van der Waals surface area contributed by atoms with E-state index in [4.69, 9.17) is 19.9 Å². The summed E-state index contributed by atoms with van der Waals surface area (Å²) >= 11 is 1.85. The topological polar surface area (TPSA) is 51.6 Å². The van der Waals surface area contributed by atoms with Gasteiger partial charge in [-0.25, -0.2) is 19.9 Å². The highest BCUT2D eigenvalue weighted by Gasteiger charge is 2.23. The van der Waals surface area contributed by atoms with E-state index in [0.29, 0.717) is 17.5 Å². The third-order valence-corrected chi connectivity index (χ3v) is 12.4. The van der Waals surface area contributed by atoms with Crippen molar-refractivity contribution >= 4 is 32.3 Å². The summed E-state index contributed by atoms with van der Waals surface area (Å²) in [6, 6.07) is 76.4. The predicted molar refractivity (Wildman–Crippen MR) is 254 cm³/mol. The molecule has 0 saturated heterocycles. The summed E-state index contributed by atoms with van der Waals surface area (Å²) in [5.41, 5.74) is 13.9. The second-order valence-corrected chi connectivity index (χ2v) is 16.0. The molecule has 0 saturated carbocycles. The van der Waals surface area contributed by atoms with E-state index in [1.807, 2.05) is 72.0 Å². The average Bonchev–Trinajstić information content (AvgIpc) is 3.76. The summed E-state index contributed by atoms with van der Waals surface area (Å²) in [5.74, 6) is 1.91. The number of nitrogens with zero attached hydrogens (tertiary/aromatic N) is 4.